The number of hydrogen-bond acceptors (Lipinski definition) is 2. The SMILES string of the molecule is c1cc2c(cc1CCNC1CCC1)CNCC2. The van der Waals surface area contributed by atoms with Gasteiger partial charge in [0.05, 0.1) is 0 Å². The second kappa shape index (κ2) is 5.19. The first-order valence-corrected chi connectivity index (χ1v) is 6.96. The van der Waals surface area contributed by atoms with Crippen molar-refractivity contribution in [1.82, 2.24) is 10.6 Å². The third kappa shape index (κ3) is 2.70. The second-order valence-corrected chi connectivity index (χ2v) is 5.36. The fourth-order valence-electron chi connectivity index (χ4n) is 2.72. The van der Waals surface area contributed by atoms with Crippen molar-refractivity contribution >= 4 is 0 Å². The summed E-state index contributed by atoms with van der Waals surface area (Å²) in [5, 5.41) is 7.08. The molecule has 17 heavy (non-hydrogen) atoms. The lowest BCUT2D eigenvalue weighted by Crippen LogP contribution is -2.36. The second-order valence-electron chi connectivity index (χ2n) is 5.36. The normalized spacial score (nSPS) is 19.8. The highest BCUT2D eigenvalue weighted by molar-refractivity contribution is 5.33. The number of hydrogen-bond donors (Lipinski definition) is 2. The number of nitrogens with one attached hydrogen (secondary N) is 2. The summed E-state index contributed by atoms with van der Waals surface area (Å²) in [5.41, 5.74) is 4.54. The van der Waals surface area contributed by atoms with E-state index in [2.05, 4.69) is 28.8 Å². The monoisotopic (exact) mass is 230 g/mol. The summed E-state index contributed by atoms with van der Waals surface area (Å²) in [4.78, 5) is 0. The fourth-order valence-corrected chi connectivity index (χ4v) is 2.72. The maximum Gasteiger partial charge on any atom is 0.0208 e. The van der Waals surface area contributed by atoms with Crippen LogP contribution >= 0.6 is 0 Å². The van der Waals surface area contributed by atoms with Gasteiger partial charge in [-0.15, -0.1) is 0 Å². The molecule has 1 heterocycles. The van der Waals surface area contributed by atoms with E-state index in [1.54, 1.807) is 5.56 Å². The summed E-state index contributed by atoms with van der Waals surface area (Å²) in [6, 6.07) is 7.85. The van der Waals surface area contributed by atoms with Crippen LogP contribution in [0.3, 0.4) is 0 Å². The third-order valence-corrected chi connectivity index (χ3v) is 4.11. The van der Waals surface area contributed by atoms with Crippen LogP contribution in [-0.2, 0) is 19.4 Å². The van der Waals surface area contributed by atoms with E-state index in [0.717, 1.165) is 25.7 Å². The predicted octanol–water partition coefficient (Wildman–Crippen LogP) is 2.02. The highest BCUT2D eigenvalue weighted by atomic mass is 14.9. The van der Waals surface area contributed by atoms with Gasteiger partial charge in [0.1, 0.15) is 0 Å². The minimum atomic E-state index is 0.814. The van der Waals surface area contributed by atoms with Gasteiger partial charge in [0.15, 0.2) is 0 Å². The van der Waals surface area contributed by atoms with E-state index in [-0.39, 0.29) is 0 Å². The molecule has 3 rings (SSSR count). The summed E-state index contributed by atoms with van der Waals surface area (Å²) < 4.78 is 0. The molecule has 0 bridgehead atoms. The molecule has 2 nitrogen and oxygen atoms in total. The lowest BCUT2D eigenvalue weighted by Gasteiger charge is -2.26. The molecule has 0 saturated heterocycles. The molecule has 2 aliphatic rings. The largest absolute Gasteiger partial charge is 0.314 e. The Bertz CT molecular complexity index is 383. The molecule has 0 amide bonds. The Morgan fingerprint density at radius 2 is 2.18 bits per heavy atom. The van der Waals surface area contributed by atoms with Crippen molar-refractivity contribution in [3.05, 3.63) is 34.9 Å². The molecule has 0 aromatic heterocycles. The van der Waals surface area contributed by atoms with Gasteiger partial charge in [0.25, 0.3) is 0 Å². The minimum Gasteiger partial charge on any atom is -0.314 e. The maximum absolute atomic E-state index is 3.63. The summed E-state index contributed by atoms with van der Waals surface area (Å²) >= 11 is 0. The zero-order valence-electron chi connectivity index (χ0n) is 10.5. The van der Waals surface area contributed by atoms with Crippen LogP contribution in [0, 0.1) is 0 Å². The first kappa shape index (κ1) is 11.2. The molecule has 1 saturated carbocycles. The van der Waals surface area contributed by atoms with Gasteiger partial charge >= 0.3 is 0 Å². The van der Waals surface area contributed by atoms with E-state index in [4.69, 9.17) is 0 Å². The topological polar surface area (TPSA) is 24.1 Å². The van der Waals surface area contributed by atoms with E-state index in [9.17, 15) is 0 Å². The number of fused-ring (bicyclic) bond motifs is 1. The molecule has 0 atom stereocenters. The Kier molecular flexibility index (Phi) is 3.44. The summed E-state index contributed by atoms with van der Waals surface area (Å²) in [5.74, 6) is 0. The Labute approximate surface area is 104 Å². The summed E-state index contributed by atoms with van der Waals surface area (Å²) in [6.07, 6.45) is 6.55. The van der Waals surface area contributed by atoms with E-state index in [1.807, 2.05) is 0 Å². The number of rotatable bonds is 4. The standard InChI is InChI=1S/C15H22N2/c1-2-15(3-1)17-9-6-12-4-5-13-7-8-16-11-14(13)10-12/h4-5,10,15-17H,1-3,6-9,11H2. The Morgan fingerprint density at radius 1 is 1.24 bits per heavy atom. The molecule has 1 aliphatic carbocycles. The van der Waals surface area contributed by atoms with Crippen LogP contribution in [0.1, 0.15) is 36.0 Å². The predicted molar refractivity (Wildman–Crippen MR) is 71.2 cm³/mol. The van der Waals surface area contributed by atoms with E-state index < -0.39 is 0 Å². The first-order valence-electron chi connectivity index (χ1n) is 6.96. The van der Waals surface area contributed by atoms with E-state index in [0.29, 0.717) is 0 Å². The average molecular weight is 230 g/mol. The average Bonchev–Trinajstić information content (AvgIpc) is 2.32. The van der Waals surface area contributed by atoms with Crippen molar-refractivity contribution in [1.29, 1.82) is 0 Å². The molecule has 0 spiro atoms. The molecule has 1 fully saturated rings. The smallest absolute Gasteiger partial charge is 0.0208 e. The molecule has 1 aromatic carbocycles. The molecular weight excluding hydrogens is 208 g/mol. The minimum absolute atomic E-state index is 0.814. The number of benzene rings is 1. The summed E-state index contributed by atoms with van der Waals surface area (Å²) in [6.45, 7) is 3.33. The molecule has 0 radical (unpaired) electrons. The van der Waals surface area contributed by atoms with Gasteiger partial charge in [-0.3, -0.25) is 0 Å². The molecule has 1 aliphatic heterocycles. The highest BCUT2D eigenvalue weighted by Crippen LogP contribution is 2.18. The van der Waals surface area contributed by atoms with Crippen molar-refractivity contribution in [2.24, 2.45) is 0 Å². The summed E-state index contributed by atoms with van der Waals surface area (Å²) in [7, 11) is 0. The van der Waals surface area contributed by atoms with Crippen LogP contribution in [-0.4, -0.2) is 19.1 Å². The van der Waals surface area contributed by atoms with Crippen LogP contribution in [0.4, 0.5) is 0 Å². The Balaban J connectivity index is 1.55. The molecular formula is C15H22N2. The third-order valence-electron chi connectivity index (χ3n) is 4.11. The van der Waals surface area contributed by atoms with Crippen LogP contribution in [0.15, 0.2) is 18.2 Å². The van der Waals surface area contributed by atoms with Gasteiger partial charge in [-0.25, -0.2) is 0 Å². The van der Waals surface area contributed by atoms with Crippen molar-refractivity contribution in [3.63, 3.8) is 0 Å². The van der Waals surface area contributed by atoms with Gasteiger partial charge in [-0.1, -0.05) is 24.6 Å². The fraction of sp³-hybridized carbons (Fsp3) is 0.600. The highest BCUT2D eigenvalue weighted by Gasteiger charge is 2.15. The zero-order valence-corrected chi connectivity index (χ0v) is 10.5. The van der Waals surface area contributed by atoms with Gasteiger partial charge in [-0.2, -0.15) is 0 Å². The van der Waals surface area contributed by atoms with Gasteiger partial charge in [-0.05, 0) is 55.5 Å². The van der Waals surface area contributed by atoms with Crippen molar-refractivity contribution in [2.75, 3.05) is 13.1 Å². The first-order chi connectivity index (χ1) is 8.42. The molecule has 2 heteroatoms. The molecule has 92 valence electrons. The van der Waals surface area contributed by atoms with Crippen LogP contribution in [0.5, 0.6) is 0 Å². The maximum atomic E-state index is 3.63. The van der Waals surface area contributed by atoms with Crippen molar-refractivity contribution < 1.29 is 0 Å². The van der Waals surface area contributed by atoms with Gasteiger partial charge in [0.2, 0.25) is 0 Å². The quantitative estimate of drug-likeness (QED) is 0.827. The van der Waals surface area contributed by atoms with E-state index >= 15 is 0 Å². The van der Waals surface area contributed by atoms with Crippen molar-refractivity contribution in [2.45, 2.75) is 44.7 Å². The molecule has 2 N–H and O–H groups in total. The molecule has 1 aromatic rings. The lowest BCUT2D eigenvalue weighted by atomic mass is 9.93. The Hall–Kier alpha value is -0.860. The zero-order chi connectivity index (χ0) is 11.5. The van der Waals surface area contributed by atoms with Gasteiger partial charge in [0, 0.05) is 12.6 Å². The van der Waals surface area contributed by atoms with Gasteiger partial charge < -0.3 is 10.6 Å². The van der Waals surface area contributed by atoms with Crippen LogP contribution in [0.2, 0.25) is 0 Å². The Morgan fingerprint density at radius 3 is 3.00 bits per heavy atom. The molecule has 0 unspecified atom stereocenters. The van der Waals surface area contributed by atoms with E-state index in [1.165, 1.54) is 43.2 Å². The lowest BCUT2D eigenvalue weighted by molar-refractivity contribution is 0.342. The van der Waals surface area contributed by atoms with Crippen LogP contribution in [0.25, 0.3) is 0 Å². The van der Waals surface area contributed by atoms with Crippen molar-refractivity contribution in [3.8, 4) is 0 Å². The van der Waals surface area contributed by atoms with Crippen LogP contribution < -0.4 is 10.6 Å².